The molecule has 0 rings (SSSR count). The van der Waals surface area contributed by atoms with Gasteiger partial charge in [0, 0.05) is 0 Å². The first-order valence-corrected chi connectivity index (χ1v) is 4.15. The lowest BCUT2D eigenvalue weighted by Crippen LogP contribution is -2.23. The van der Waals surface area contributed by atoms with Gasteiger partial charge in [-0.3, -0.25) is 9.59 Å². The first-order valence-electron chi connectivity index (χ1n) is 2.92. The summed E-state index contributed by atoms with van der Waals surface area (Å²) in [6.45, 7) is 1.67. The minimum absolute atomic E-state index is 0.103. The van der Waals surface area contributed by atoms with Crippen LogP contribution in [0.3, 0.4) is 0 Å². The molecule has 0 N–H and O–H groups in total. The predicted octanol–water partition coefficient (Wildman–Crippen LogP) is 0.00820. The highest BCUT2D eigenvalue weighted by molar-refractivity contribution is 8.15. The monoisotopic (exact) mass is 176 g/mol. The van der Waals surface area contributed by atoms with Gasteiger partial charge in [0.1, 0.15) is 0 Å². The van der Waals surface area contributed by atoms with E-state index in [1.807, 2.05) is 0 Å². The van der Waals surface area contributed by atoms with E-state index in [1.165, 1.54) is 6.26 Å². The molecule has 5 heteroatoms. The Hall–Kier alpha value is -0.840. The van der Waals surface area contributed by atoms with Crippen LogP contribution in [0.25, 0.3) is 0 Å². The first-order chi connectivity index (χ1) is 5.13. The van der Waals surface area contributed by atoms with Crippen LogP contribution >= 0.6 is 11.8 Å². The van der Waals surface area contributed by atoms with Crippen LogP contribution in [-0.2, 0) is 19.1 Å². The average Bonchev–Trinajstić information content (AvgIpc) is 2.02. The summed E-state index contributed by atoms with van der Waals surface area (Å²) in [5.74, 6) is -2.17. The van der Waals surface area contributed by atoms with Gasteiger partial charge in [-0.15, -0.1) is 0 Å². The topological polar surface area (TPSA) is 60.4 Å². The quantitative estimate of drug-likeness (QED) is 0.344. The Bertz CT molecular complexity index is 187. The van der Waals surface area contributed by atoms with Gasteiger partial charge >= 0.3 is 11.8 Å². The highest BCUT2D eigenvalue weighted by Crippen LogP contribution is 1.96. The summed E-state index contributed by atoms with van der Waals surface area (Å²) >= 11 is 0.698. The van der Waals surface area contributed by atoms with Gasteiger partial charge in [-0.2, -0.15) is 0 Å². The Labute approximate surface area is 68.3 Å². The maximum Gasteiger partial charge on any atom is 0.383 e. The number of carbonyl (C=O) groups is 3. The van der Waals surface area contributed by atoms with Crippen LogP contribution < -0.4 is 0 Å². The third-order valence-electron chi connectivity index (χ3n) is 0.832. The SMILES string of the molecule is CCOC(=O)C(=O)C(=O)SC. The third kappa shape index (κ3) is 3.18. The van der Waals surface area contributed by atoms with E-state index in [9.17, 15) is 14.4 Å². The van der Waals surface area contributed by atoms with Crippen molar-refractivity contribution in [1.29, 1.82) is 0 Å². The number of carbonyl (C=O) groups excluding carboxylic acids is 3. The van der Waals surface area contributed by atoms with Gasteiger partial charge in [0.2, 0.25) is 0 Å². The van der Waals surface area contributed by atoms with Gasteiger partial charge in [-0.05, 0) is 13.2 Å². The van der Waals surface area contributed by atoms with Crippen LogP contribution in [0.2, 0.25) is 0 Å². The molecule has 0 unspecified atom stereocenters. The fourth-order valence-corrected chi connectivity index (χ4v) is 0.641. The van der Waals surface area contributed by atoms with Crippen LogP contribution in [0.1, 0.15) is 6.92 Å². The van der Waals surface area contributed by atoms with Crippen LogP contribution in [0.5, 0.6) is 0 Å². The minimum Gasteiger partial charge on any atom is -0.460 e. The molecule has 0 amide bonds. The molecule has 0 aromatic heterocycles. The average molecular weight is 176 g/mol. The molecular formula is C6H8O4S. The summed E-state index contributed by atoms with van der Waals surface area (Å²) in [5.41, 5.74) is 0. The molecule has 0 aliphatic heterocycles. The van der Waals surface area contributed by atoms with Crippen molar-refractivity contribution in [3.05, 3.63) is 0 Å². The summed E-state index contributed by atoms with van der Waals surface area (Å²) in [6, 6.07) is 0. The number of ether oxygens (including phenoxy) is 1. The molecule has 0 aliphatic rings. The van der Waals surface area contributed by atoms with Crippen LogP contribution in [0.4, 0.5) is 0 Å². The van der Waals surface area contributed by atoms with Crippen molar-refractivity contribution in [2.75, 3.05) is 12.9 Å². The zero-order chi connectivity index (χ0) is 8.85. The summed E-state index contributed by atoms with van der Waals surface area (Å²) in [6.07, 6.45) is 1.43. The number of ketones is 1. The Morgan fingerprint density at radius 1 is 1.36 bits per heavy atom. The third-order valence-corrected chi connectivity index (χ3v) is 1.39. The summed E-state index contributed by atoms with van der Waals surface area (Å²) in [5, 5.41) is -0.788. The normalized spacial score (nSPS) is 8.91. The molecule has 0 saturated carbocycles. The number of esters is 1. The zero-order valence-electron chi connectivity index (χ0n) is 6.25. The van der Waals surface area contributed by atoms with E-state index in [-0.39, 0.29) is 6.61 Å². The highest BCUT2D eigenvalue weighted by Gasteiger charge is 2.22. The molecule has 0 atom stereocenters. The molecule has 0 spiro atoms. The van der Waals surface area contributed by atoms with E-state index < -0.39 is 16.9 Å². The second-order valence-electron chi connectivity index (χ2n) is 1.54. The predicted molar refractivity (Wildman–Crippen MR) is 40.2 cm³/mol. The summed E-state index contributed by atoms with van der Waals surface area (Å²) in [4.78, 5) is 31.7. The molecule has 0 bridgehead atoms. The van der Waals surface area contributed by atoms with Gasteiger partial charge in [0.25, 0.3) is 5.12 Å². The van der Waals surface area contributed by atoms with Crippen molar-refractivity contribution in [2.24, 2.45) is 0 Å². The van der Waals surface area contributed by atoms with Crippen molar-refractivity contribution in [3.63, 3.8) is 0 Å². The lowest BCUT2D eigenvalue weighted by molar-refractivity contribution is -0.154. The Balaban J connectivity index is 4.03. The largest absolute Gasteiger partial charge is 0.460 e. The standard InChI is InChI=1S/C6H8O4S/c1-3-10-5(8)4(7)6(9)11-2/h3H2,1-2H3. The number of hydrogen-bond donors (Lipinski definition) is 0. The van der Waals surface area contributed by atoms with Crippen molar-refractivity contribution in [2.45, 2.75) is 6.92 Å². The van der Waals surface area contributed by atoms with E-state index in [0.29, 0.717) is 11.8 Å². The molecule has 0 aromatic rings. The second kappa shape index (κ2) is 4.90. The van der Waals surface area contributed by atoms with E-state index in [1.54, 1.807) is 6.92 Å². The van der Waals surface area contributed by atoms with Crippen LogP contribution in [0.15, 0.2) is 0 Å². The molecule has 0 heterocycles. The number of rotatable bonds is 3. The Kier molecular flexibility index (Phi) is 4.52. The first kappa shape index (κ1) is 10.2. The van der Waals surface area contributed by atoms with Crippen molar-refractivity contribution >= 4 is 28.6 Å². The maximum atomic E-state index is 10.6. The fourth-order valence-electron chi connectivity index (χ4n) is 0.373. The summed E-state index contributed by atoms with van der Waals surface area (Å²) < 4.78 is 4.30. The van der Waals surface area contributed by atoms with E-state index in [0.717, 1.165) is 0 Å². The molecule has 62 valence electrons. The van der Waals surface area contributed by atoms with Gasteiger partial charge in [0.05, 0.1) is 6.61 Å². The smallest absolute Gasteiger partial charge is 0.383 e. The molecule has 0 saturated heterocycles. The van der Waals surface area contributed by atoms with Gasteiger partial charge < -0.3 is 4.74 Å². The molecule has 0 aromatic carbocycles. The molecule has 4 nitrogen and oxygen atoms in total. The number of Topliss-reactive ketones (excluding diaryl/α,β-unsaturated/α-hetero) is 1. The summed E-state index contributed by atoms with van der Waals surface area (Å²) in [7, 11) is 0. The second-order valence-corrected chi connectivity index (χ2v) is 2.32. The van der Waals surface area contributed by atoms with Crippen molar-refractivity contribution in [3.8, 4) is 0 Å². The van der Waals surface area contributed by atoms with Crippen molar-refractivity contribution < 1.29 is 19.1 Å². The Morgan fingerprint density at radius 3 is 2.27 bits per heavy atom. The minimum atomic E-state index is -1.10. The molecule has 0 radical (unpaired) electrons. The van der Waals surface area contributed by atoms with Gasteiger partial charge in [-0.25, -0.2) is 4.79 Å². The van der Waals surface area contributed by atoms with Crippen LogP contribution in [-0.4, -0.2) is 29.7 Å². The van der Waals surface area contributed by atoms with Gasteiger partial charge in [-0.1, -0.05) is 11.8 Å². The van der Waals surface area contributed by atoms with Crippen molar-refractivity contribution in [1.82, 2.24) is 0 Å². The number of thioether (sulfide) groups is 1. The number of hydrogen-bond acceptors (Lipinski definition) is 5. The molecule has 0 aliphatic carbocycles. The lowest BCUT2D eigenvalue weighted by Gasteiger charge is -1.96. The van der Waals surface area contributed by atoms with E-state index >= 15 is 0 Å². The lowest BCUT2D eigenvalue weighted by atomic mass is 10.4. The maximum absolute atomic E-state index is 10.6. The van der Waals surface area contributed by atoms with E-state index in [2.05, 4.69) is 4.74 Å². The van der Waals surface area contributed by atoms with Gasteiger partial charge in [0.15, 0.2) is 0 Å². The molecule has 11 heavy (non-hydrogen) atoms. The Morgan fingerprint density at radius 2 is 1.91 bits per heavy atom. The molecule has 0 fully saturated rings. The van der Waals surface area contributed by atoms with E-state index in [4.69, 9.17) is 0 Å². The zero-order valence-corrected chi connectivity index (χ0v) is 7.06. The fraction of sp³-hybridized carbons (Fsp3) is 0.500. The molecular weight excluding hydrogens is 168 g/mol. The highest BCUT2D eigenvalue weighted by atomic mass is 32.2. The van der Waals surface area contributed by atoms with Crippen LogP contribution in [0, 0.1) is 0 Å².